The molecule has 0 aliphatic carbocycles. The number of hydrogen-bond donors (Lipinski definition) is 2. The lowest BCUT2D eigenvalue weighted by molar-refractivity contribution is 0.0908. The van der Waals surface area contributed by atoms with Crippen molar-refractivity contribution >= 4 is 17.4 Å². The van der Waals surface area contributed by atoms with Crippen molar-refractivity contribution in [2.24, 2.45) is 7.05 Å². The molecule has 0 radical (unpaired) electrons. The first-order chi connectivity index (χ1) is 10.2. The number of nitrogens with zero attached hydrogens (tertiary/aromatic N) is 2. The van der Waals surface area contributed by atoms with E-state index in [1.165, 1.54) is 0 Å². The quantitative estimate of drug-likeness (QED) is 0.905. The summed E-state index contributed by atoms with van der Waals surface area (Å²) in [4.78, 5) is 16.3. The third kappa shape index (κ3) is 3.25. The second-order valence-electron chi connectivity index (χ2n) is 5.04. The van der Waals surface area contributed by atoms with Crippen molar-refractivity contribution < 1.29 is 9.53 Å². The van der Waals surface area contributed by atoms with Gasteiger partial charge in [0, 0.05) is 32.6 Å². The highest BCUT2D eigenvalue weighted by atomic mass is 32.1. The van der Waals surface area contributed by atoms with E-state index in [0.717, 1.165) is 17.8 Å². The SMILES string of the molecule is Cn1ccnc1[C@H]1OCC[C@@H]1NC(=O)NCc1ccsc1. The molecule has 2 N–H and O–H groups in total. The zero-order valence-corrected chi connectivity index (χ0v) is 12.6. The van der Waals surface area contributed by atoms with Crippen LogP contribution < -0.4 is 10.6 Å². The van der Waals surface area contributed by atoms with E-state index in [1.807, 2.05) is 34.6 Å². The van der Waals surface area contributed by atoms with E-state index in [9.17, 15) is 4.79 Å². The third-order valence-corrected chi connectivity index (χ3v) is 4.29. The van der Waals surface area contributed by atoms with Crippen LogP contribution in [0.2, 0.25) is 0 Å². The van der Waals surface area contributed by atoms with Crippen LogP contribution in [0.15, 0.2) is 29.2 Å². The highest BCUT2D eigenvalue weighted by molar-refractivity contribution is 7.07. The Labute approximate surface area is 127 Å². The molecule has 21 heavy (non-hydrogen) atoms. The van der Waals surface area contributed by atoms with E-state index < -0.39 is 0 Å². The first-order valence-electron chi connectivity index (χ1n) is 6.88. The number of amides is 2. The summed E-state index contributed by atoms with van der Waals surface area (Å²) >= 11 is 1.62. The summed E-state index contributed by atoms with van der Waals surface area (Å²) in [5.41, 5.74) is 1.11. The molecule has 2 atom stereocenters. The first-order valence-corrected chi connectivity index (χ1v) is 7.82. The minimum absolute atomic E-state index is 0.0476. The van der Waals surface area contributed by atoms with Gasteiger partial charge in [0.25, 0.3) is 0 Å². The lowest BCUT2D eigenvalue weighted by atomic mass is 10.1. The summed E-state index contributed by atoms with van der Waals surface area (Å²) < 4.78 is 7.64. The average Bonchev–Trinajstić information content (AvgIpc) is 3.18. The van der Waals surface area contributed by atoms with Crippen molar-refractivity contribution in [1.82, 2.24) is 20.2 Å². The minimum Gasteiger partial charge on any atom is -0.368 e. The maximum Gasteiger partial charge on any atom is 0.315 e. The third-order valence-electron chi connectivity index (χ3n) is 3.55. The number of aryl methyl sites for hydroxylation is 1. The Morgan fingerprint density at radius 3 is 3.24 bits per heavy atom. The molecule has 7 heteroatoms. The van der Waals surface area contributed by atoms with Crippen molar-refractivity contribution in [2.45, 2.75) is 25.1 Å². The molecule has 3 heterocycles. The van der Waals surface area contributed by atoms with Gasteiger partial charge in [-0.1, -0.05) is 0 Å². The highest BCUT2D eigenvalue weighted by Crippen LogP contribution is 2.27. The number of hydrogen-bond acceptors (Lipinski definition) is 4. The monoisotopic (exact) mass is 306 g/mol. The van der Waals surface area contributed by atoms with E-state index in [4.69, 9.17) is 4.74 Å². The summed E-state index contributed by atoms with van der Waals surface area (Å²) in [5.74, 6) is 0.843. The Kier molecular flexibility index (Phi) is 4.21. The van der Waals surface area contributed by atoms with Gasteiger partial charge < -0.3 is 19.9 Å². The Morgan fingerprint density at radius 1 is 1.62 bits per heavy atom. The fraction of sp³-hybridized carbons (Fsp3) is 0.429. The number of thiophene rings is 1. The Balaban J connectivity index is 1.56. The van der Waals surface area contributed by atoms with E-state index in [2.05, 4.69) is 15.6 Å². The number of ether oxygens (including phenoxy) is 1. The fourth-order valence-corrected chi connectivity index (χ4v) is 3.11. The molecule has 0 bridgehead atoms. The molecule has 0 saturated carbocycles. The van der Waals surface area contributed by atoms with Gasteiger partial charge in [-0.2, -0.15) is 11.3 Å². The van der Waals surface area contributed by atoms with Crippen LogP contribution in [0.1, 0.15) is 23.9 Å². The lowest BCUT2D eigenvalue weighted by Crippen LogP contribution is -2.43. The van der Waals surface area contributed by atoms with Crippen molar-refractivity contribution in [3.05, 3.63) is 40.6 Å². The molecule has 1 saturated heterocycles. The molecule has 2 aromatic rings. The lowest BCUT2D eigenvalue weighted by Gasteiger charge is -2.19. The molecule has 1 aliphatic rings. The van der Waals surface area contributed by atoms with Gasteiger partial charge >= 0.3 is 6.03 Å². The van der Waals surface area contributed by atoms with Crippen LogP contribution in [0.25, 0.3) is 0 Å². The first kappa shape index (κ1) is 14.1. The van der Waals surface area contributed by atoms with Gasteiger partial charge in [0.15, 0.2) is 0 Å². The van der Waals surface area contributed by atoms with Gasteiger partial charge in [-0.05, 0) is 28.8 Å². The average molecular weight is 306 g/mol. The van der Waals surface area contributed by atoms with Gasteiger partial charge in [0.2, 0.25) is 0 Å². The van der Waals surface area contributed by atoms with Gasteiger partial charge in [-0.25, -0.2) is 9.78 Å². The smallest absolute Gasteiger partial charge is 0.315 e. The summed E-state index contributed by atoms with van der Waals surface area (Å²) in [7, 11) is 1.93. The van der Waals surface area contributed by atoms with E-state index in [1.54, 1.807) is 17.5 Å². The van der Waals surface area contributed by atoms with Crippen LogP contribution >= 0.6 is 11.3 Å². The molecule has 1 aliphatic heterocycles. The molecule has 0 spiro atoms. The van der Waals surface area contributed by atoms with Gasteiger partial charge in [-0.15, -0.1) is 0 Å². The molecule has 2 aromatic heterocycles. The number of imidazole rings is 1. The normalized spacial score (nSPS) is 21.4. The zero-order valence-electron chi connectivity index (χ0n) is 11.8. The number of rotatable bonds is 4. The van der Waals surface area contributed by atoms with Crippen molar-refractivity contribution in [3.8, 4) is 0 Å². The predicted molar refractivity (Wildman–Crippen MR) is 80.0 cm³/mol. The summed E-state index contributed by atoms with van der Waals surface area (Å²) in [5, 5.41) is 9.87. The molecule has 6 nitrogen and oxygen atoms in total. The number of nitrogens with one attached hydrogen (secondary N) is 2. The molecule has 0 unspecified atom stereocenters. The highest BCUT2D eigenvalue weighted by Gasteiger charge is 2.33. The van der Waals surface area contributed by atoms with Crippen LogP contribution in [-0.4, -0.2) is 28.2 Å². The number of aromatic nitrogens is 2. The number of urea groups is 1. The predicted octanol–water partition coefficient (Wildman–Crippen LogP) is 1.81. The van der Waals surface area contributed by atoms with Crippen LogP contribution in [0.5, 0.6) is 0 Å². The minimum atomic E-state index is -0.183. The number of carbonyl (C=O) groups is 1. The van der Waals surface area contributed by atoms with Crippen LogP contribution in [0.4, 0.5) is 4.79 Å². The molecule has 1 fully saturated rings. The second-order valence-corrected chi connectivity index (χ2v) is 5.82. The Hall–Kier alpha value is -1.86. The van der Waals surface area contributed by atoms with E-state index in [0.29, 0.717) is 13.2 Å². The molecule has 0 aromatic carbocycles. The second kappa shape index (κ2) is 6.28. The van der Waals surface area contributed by atoms with Gasteiger partial charge in [-0.3, -0.25) is 0 Å². The fourth-order valence-electron chi connectivity index (χ4n) is 2.44. The maximum absolute atomic E-state index is 12.0. The number of carbonyl (C=O) groups excluding carboxylic acids is 1. The van der Waals surface area contributed by atoms with E-state index >= 15 is 0 Å². The van der Waals surface area contributed by atoms with Crippen LogP contribution in [0, 0.1) is 0 Å². The maximum atomic E-state index is 12.0. The van der Waals surface area contributed by atoms with Crippen molar-refractivity contribution in [2.75, 3.05) is 6.61 Å². The Bertz CT molecular complexity index is 596. The van der Waals surface area contributed by atoms with Gasteiger partial charge in [0.1, 0.15) is 11.9 Å². The van der Waals surface area contributed by atoms with Crippen molar-refractivity contribution in [3.63, 3.8) is 0 Å². The molecule has 3 rings (SSSR count). The van der Waals surface area contributed by atoms with Crippen LogP contribution in [0.3, 0.4) is 0 Å². The summed E-state index contributed by atoms with van der Waals surface area (Å²) in [6.45, 7) is 1.17. The summed E-state index contributed by atoms with van der Waals surface area (Å²) in [6.07, 6.45) is 4.23. The molecule has 2 amide bonds. The molecular formula is C14H18N4O2S. The summed E-state index contributed by atoms with van der Waals surface area (Å²) in [6, 6.07) is 1.78. The van der Waals surface area contributed by atoms with E-state index in [-0.39, 0.29) is 18.2 Å². The topological polar surface area (TPSA) is 68.2 Å². The molecule has 112 valence electrons. The zero-order chi connectivity index (χ0) is 14.7. The van der Waals surface area contributed by atoms with Crippen molar-refractivity contribution in [1.29, 1.82) is 0 Å². The van der Waals surface area contributed by atoms with Gasteiger partial charge in [0.05, 0.1) is 6.04 Å². The largest absolute Gasteiger partial charge is 0.368 e. The van der Waals surface area contributed by atoms with Crippen LogP contribution in [-0.2, 0) is 18.3 Å². The Morgan fingerprint density at radius 2 is 2.52 bits per heavy atom. The molecular weight excluding hydrogens is 288 g/mol. The standard InChI is InChI=1S/C14H18N4O2S/c1-18-5-4-15-13(18)12-11(2-6-20-12)17-14(19)16-8-10-3-7-21-9-10/h3-5,7,9,11-12H,2,6,8H2,1H3,(H2,16,17,19)/t11-,12-/m0/s1.